The number of hydrogen-bond acceptors (Lipinski definition) is 7. The first-order valence-electron chi connectivity index (χ1n) is 12.0. The number of rotatable bonds is 13. The molecule has 8 heteroatoms. The largest absolute Gasteiger partial charge is 0.466 e. The van der Waals surface area contributed by atoms with Gasteiger partial charge in [0.15, 0.2) is 0 Å². The normalized spacial score (nSPS) is 15.7. The molecule has 34 heavy (non-hydrogen) atoms. The molecule has 0 saturated carbocycles. The fourth-order valence-corrected chi connectivity index (χ4v) is 4.27. The summed E-state index contributed by atoms with van der Waals surface area (Å²) in [7, 11) is 1.26. The number of benzene rings is 1. The van der Waals surface area contributed by atoms with Crippen LogP contribution in [-0.4, -0.2) is 30.6 Å². The van der Waals surface area contributed by atoms with E-state index in [0.29, 0.717) is 17.0 Å². The lowest BCUT2D eigenvalue weighted by molar-refractivity contribution is -0.384. The van der Waals surface area contributed by atoms with Gasteiger partial charge in [0.25, 0.3) is 5.69 Å². The molecule has 0 radical (unpaired) electrons. The van der Waals surface area contributed by atoms with Crippen LogP contribution in [0.4, 0.5) is 5.69 Å². The number of non-ortho nitro benzene ring substituents is 1. The Morgan fingerprint density at radius 2 is 1.56 bits per heavy atom. The van der Waals surface area contributed by atoms with E-state index < -0.39 is 22.8 Å². The molecule has 0 saturated heterocycles. The van der Waals surface area contributed by atoms with Crippen LogP contribution in [-0.2, 0) is 19.1 Å². The van der Waals surface area contributed by atoms with Crippen molar-refractivity contribution < 1.29 is 24.0 Å². The van der Waals surface area contributed by atoms with Crippen LogP contribution in [0.3, 0.4) is 0 Å². The van der Waals surface area contributed by atoms with E-state index in [1.807, 2.05) is 0 Å². The lowest BCUT2D eigenvalue weighted by Crippen LogP contribution is -2.32. The van der Waals surface area contributed by atoms with Gasteiger partial charge in [0.05, 0.1) is 35.7 Å². The molecule has 0 aromatic heterocycles. The minimum absolute atomic E-state index is 0.123. The lowest BCUT2D eigenvalue weighted by atomic mass is 9.80. The molecule has 0 aliphatic carbocycles. The van der Waals surface area contributed by atoms with Crippen LogP contribution in [0.15, 0.2) is 46.8 Å². The highest BCUT2D eigenvalue weighted by Gasteiger charge is 2.38. The molecule has 1 aliphatic rings. The molecule has 1 aromatic carbocycles. The molecule has 1 unspecified atom stereocenters. The molecule has 8 nitrogen and oxygen atoms in total. The average Bonchev–Trinajstić information content (AvgIpc) is 2.82. The molecule has 2 rings (SSSR count). The molecule has 186 valence electrons. The predicted octanol–water partition coefficient (Wildman–Crippen LogP) is 5.69. The second-order valence-electron chi connectivity index (χ2n) is 8.59. The smallest absolute Gasteiger partial charge is 0.336 e. The van der Waals surface area contributed by atoms with Crippen LogP contribution in [0.25, 0.3) is 0 Å². The van der Waals surface area contributed by atoms with Crippen molar-refractivity contribution in [3.8, 4) is 0 Å². The van der Waals surface area contributed by atoms with Gasteiger partial charge in [-0.05, 0) is 25.8 Å². The van der Waals surface area contributed by atoms with E-state index in [-0.39, 0.29) is 23.4 Å². The minimum Gasteiger partial charge on any atom is -0.466 e. The van der Waals surface area contributed by atoms with Gasteiger partial charge in [0.1, 0.15) is 0 Å². The molecule has 1 atom stereocenters. The third-order valence-corrected chi connectivity index (χ3v) is 6.03. The first-order chi connectivity index (χ1) is 16.3. The number of nitro groups is 1. The molecule has 1 N–H and O–H groups in total. The zero-order chi connectivity index (χ0) is 25.1. The van der Waals surface area contributed by atoms with Gasteiger partial charge in [0, 0.05) is 23.5 Å². The summed E-state index contributed by atoms with van der Waals surface area (Å²) in [4.78, 5) is 36.6. The van der Waals surface area contributed by atoms with Crippen molar-refractivity contribution in [1.29, 1.82) is 0 Å². The van der Waals surface area contributed by atoms with Crippen molar-refractivity contribution in [2.75, 3.05) is 13.7 Å². The van der Waals surface area contributed by atoms with E-state index in [4.69, 9.17) is 9.47 Å². The van der Waals surface area contributed by atoms with E-state index in [1.165, 1.54) is 51.3 Å². The summed E-state index contributed by atoms with van der Waals surface area (Å²) in [6, 6.07) is 5.96. The Hall–Kier alpha value is -3.16. The maximum absolute atomic E-state index is 13.2. The van der Waals surface area contributed by atoms with Gasteiger partial charge in [0.2, 0.25) is 0 Å². The van der Waals surface area contributed by atoms with Gasteiger partial charge in [-0.15, -0.1) is 0 Å². The number of nitrogens with zero attached hydrogens (tertiary/aromatic N) is 1. The van der Waals surface area contributed by atoms with E-state index in [2.05, 4.69) is 12.2 Å². The number of ether oxygens (including phenoxy) is 2. The third kappa shape index (κ3) is 7.17. The number of methoxy groups -OCH3 is 1. The highest BCUT2D eigenvalue weighted by atomic mass is 16.6. The van der Waals surface area contributed by atoms with Crippen molar-refractivity contribution >= 4 is 17.6 Å². The monoisotopic (exact) mass is 472 g/mol. The molecule has 0 bridgehead atoms. The summed E-state index contributed by atoms with van der Waals surface area (Å²) in [5, 5.41) is 14.4. The number of unbranched alkanes of at least 4 members (excludes halogenated alkanes) is 7. The Labute approximate surface area is 201 Å². The third-order valence-electron chi connectivity index (χ3n) is 6.03. The topological polar surface area (TPSA) is 108 Å². The molecule has 0 spiro atoms. The summed E-state index contributed by atoms with van der Waals surface area (Å²) in [6.07, 6.45) is 9.03. The Balaban J connectivity index is 2.17. The van der Waals surface area contributed by atoms with Gasteiger partial charge < -0.3 is 14.8 Å². The number of carbonyl (C=O) groups is 2. The standard InChI is InChI=1S/C26H36N2O6/c1-5-6-7-8-9-10-11-12-16-34-26(30)23-19(3)27-18(2)22(25(29)33-4)24(23)20-14-13-15-21(17-20)28(31)32/h13-15,17,24,27H,5-12,16H2,1-4H3. The summed E-state index contributed by atoms with van der Waals surface area (Å²) >= 11 is 0. The molecule has 1 aromatic rings. The van der Waals surface area contributed by atoms with Gasteiger partial charge in [-0.1, -0.05) is 64.0 Å². The molecule has 1 aliphatic heterocycles. The number of esters is 2. The summed E-state index contributed by atoms with van der Waals surface area (Å²) in [5.41, 5.74) is 1.89. The van der Waals surface area contributed by atoms with E-state index >= 15 is 0 Å². The first kappa shape index (κ1) is 27.1. The Bertz CT molecular complexity index is 950. The van der Waals surface area contributed by atoms with Crippen LogP contribution < -0.4 is 5.32 Å². The fourth-order valence-electron chi connectivity index (χ4n) is 4.27. The van der Waals surface area contributed by atoms with Crippen LogP contribution >= 0.6 is 0 Å². The zero-order valence-electron chi connectivity index (χ0n) is 20.6. The molecule has 1 heterocycles. The van der Waals surface area contributed by atoms with Gasteiger partial charge in [-0.25, -0.2) is 9.59 Å². The maximum atomic E-state index is 13.2. The molecular formula is C26H36N2O6. The number of dihydropyridines is 1. The highest BCUT2D eigenvalue weighted by Crippen LogP contribution is 2.40. The molecular weight excluding hydrogens is 436 g/mol. The Morgan fingerprint density at radius 1 is 0.971 bits per heavy atom. The minimum atomic E-state index is -0.834. The van der Waals surface area contributed by atoms with Crippen LogP contribution in [0.1, 0.15) is 83.6 Å². The van der Waals surface area contributed by atoms with Gasteiger partial charge >= 0.3 is 11.9 Å². The van der Waals surface area contributed by atoms with Crippen LogP contribution in [0, 0.1) is 10.1 Å². The molecule has 0 amide bonds. The Morgan fingerprint density at radius 3 is 2.15 bits per heavy atom. The van der Waals surface area contributed by atoms with Gasteiger partial charge in [-0.3, -0.25) is 10.1 Å². The van der Waals surface area contributed by atoms with Gasteiger partial charge in [-0.2, -0.15) is 0 Å². The number of carbonyl (C=O) groups excluding carboxylic acids is 2. The van der Waals surface area contributed by atoms with E-state index in [1.54, 1.807) is 26.0 Å². The van der Waals surface area contributed by atoms with Crippen molar-refractivity contribution in [1.82, 2.24) is 5.32 Å². The number of allylic oxidation sites excluding steroid dienone is 2. The van der Waals surface area contributed by atoms with E-state index in [9.17, 15) is 19.7 Å². The number of nitrogens with one attached hydrogen (secondary N) is 1. The second kappa shape index (κ2) is 13.5. The lowest BCUT2D eigenvalue weighted by Gasteiger charge is -2.30. The maximum Gasteiger partial charge on any atom is 0.336 e. The van der Waals surface area contributed by atoms with Crippen molar-refractivity contribution in [3.63, 3.8) is 0 Å². The first-order valence-corrected chi connectivity index (χ1v) is 12.0. The summed E-state index contributed by atoms with van der Waals surface area (Å²) in [6.45, 7) is 5.92. The second-order valence-corrected chi connectivity index (χ2v) is 8.59. The van der Waals surface area contributed by atoms with Crippen LogP contribution in [0.5, 0.6) is 0 Å². The zero-order valence-corrected chi connectivity index (χ0v) is 20.6. The quantitative estimate of drug-likeness (QED) is 0.170. The number of nitro benzene ring substituents is 1. The Kier molecular flexibility index (Phi) is 10.8. The van der Waals surface area contributed by atoms with Crippen molar-refractivity contribution in [3.05, 3.63) is 62.5 Å². The number of hydrogen-bond donors (Lipinski definition) is 1. The SMILES string of the molecule is CCCCCCCCCCOC(=O)C1=C(C)NC(C)=C(C(=O)OC)C1c1cccc([N+](=O)[O-])c1. The van der Waals surface area contributed by atoms with Crippen molar-refractivity contribution in [2.45, 2.75) is 78.1 Å². The highest BCUT2D eigenvalue weighted by molar-refractivity contribution is 5.99. The summed E-state index contributed by atoms with van der Waals surface area (Å²) < 4.78 is 10.5. The fraction of sp³-hybridized carbons (Fsp3) is 0.538. The predicted molar refractivity (Wildman–Crippen MR) is 130 cm³/mol. The van der Waals surface area contributed by atoms with E-state index in [0.717, 1.165) is 19.3 Å². The van der Waals surface area contributed by atoms with Crippen LogP contribution in [0.2, 0.25) is 0 Å². The average molecular weight is 473 g/mol. The molecule has 0 fully saturated rings. The summed E-state index contributed by atoms with van der Waals surface area (Å²) in [5.74, 6) is -1.99. The van der Waals surface area contributed by atoms with Crippen molar-refractivity contribution in [2.24, 2.45) is 0 Å².